The normalized spacial score (nSPS) is 17.3. The predicted octanol–water partition coefficient (Wildman–Crippen LogP) is 3.40. The van der Waals surface area contributed by atoms with E-state index in [1.54, 1.807) is 6.07 Å². The van der Waals surface area contributed by atoms with Gasteiger partial charge >= 0.3 is 0 Å². The molecule has 0 bridgehead atoms. The van der Waals surface area contributed by atoms with Crippen LogP contribution in [-0.2, 0) is 9.59 Å². The van der Waals surface area contributed by atoms with Gasteiger partial charge < -0.3 is 21.1 Å². The summed E-state index contributed by atoms with van der Waals surface area (Å²) in [6.07, 6.45) is 0.0975. The summed E-state index contributed by atoms with van der Waals surface area (Å²) in [6.45, 7) is 5.77. The number of ether oxygens (including phenoxy) is 1. The molecule has 0 fully saturated rings. The lowest BCUT2D eigenvalue weighted by atomic mass is 10.0. The first-order valence-corrected chi connectivity index (χ1v) is 9.13. The highest BCUT2D eigenvalue weighted by molar-refractivity contribution is 5.97. The van der Waals surface area contributed by atoms with E-state index in [1.165, 1.54) is 0 Å². The second-order valence-corrected chi connectivity index (χ2v) is 6.88. The van der Waals surface area contributed by atoms with Gasteiger partial charge in [0.05, 0.1) is 11.7 Å². The molecule has 0 aliphatic carbocycles. The number of carbonyl (C=O) groups is 2. The lowest BCUT2D eigenvalue weighted by Crippen LogP contribution is -2.37. The Bertz CT molecular complexity index is 854. The monoisotopic (exact) mass is 403 g/mol. The molecule has 1 aliphatic rings. The zero-order valence-corrected chi connectivity index (χ0v) is 17.0. The zero-order chi connectivity index (χ0) is 19.6. The standard InChI is InChI=1S/C21H25N3O3.ClH/c1-4-17-20(25)24-16-10-9-15(11-18(16)27-17)13(3)23-21(26)19(22)14-7-5-12(2)6-8-14;/h5-11,13,17,19H,4,22H2,1-3H3,(H,23,26)(H,24,25);1H. The third-order valence-electron chi connectivity index (χ3n) is 4.77. The SMILES string of the molecule is CCC1Oc2cc(C(C)NC(=O)C(N)c3ccc(C)cc3)ccc2NC1=O.Cl. The first-order chi connectivity index (χ1) is 12.9. The molecule has 3 unspecified atom stereocenters. The van der Waals surface area contributed by atoms with Crippen molar-refractivity contribution in [2.45, 2.75) is 45.4 Å². The Hall–Kier alpha value is -2.57. The highest BCUT2D eigenvalue weighted by Crippen LogP contribution is 2.33. The van der Waals surface area contributed by atoms with E-state index < -0.39 is 12.1 Å². The Morgan fingerprint density at radius 1 is 1.21 bits per heavy atom. The Kier molecular flexibility index (Phi) is 7.05. The van der Waals surface area contributed by atoms with Crippen molar-refractivity contribution in [2.75, 3.05) is 5.32 Å². The van der Waals surface area contributed by atoms with E-state index in [-0.39, 0.29) is 30.3 Å². The lowest BCUT2D eigenvalue weighted by molar-refractivity contribution is -0.124. The number of nitrogens with one attached hydrogen (secondary N) is 2. The molecule has 150 valence electrons. The molecule has 2 amide bonds. The maximum absolute atomic E-state index is 12.5. The molecule has 28 heavy (non-hydrogen) atoms. The van der Waals surface area contributed by atoms with Crippen molar-refractivity contribution in [3.05, 3.63) is 59.2 Å². The van der Waals surface area contributed by atoms with Crippen LogP contribution in [0.2, 0.25) is 0 Å². The summed E-state index contributed by atoms with van der Waals surface area (Å²) < 4.78 is 5.77. The van der Waals surface area contributed by atoms with Crippen LogP contribution < -0.4 is 21.1 Å². The number of anilines is 1. The van der Waals surface area contributed by atoms with Gasteiger partial charge in [0.25, 0.3) is 5.91 Å². The fraction of sp³-hybridized carbons (Fsp3) is 0.333. The molecule has 3 rings (SSSR count). The van der Waals surface area contributed by atoms with Gasteiger partial charge in [0, 0.05) is 0 Å². The number of nitrogens with two attached hydrogens (primary N) is 1. The fourth-order valence-electron chi connectivity index (χ4n) is 3.01. The van der Waals surface area contributed by atoms with E-state index in [0.717, 1.165) is 16.7 Å². The van der Waals surface area contributed by atoms with Crippen LogP contribution in [0.1, 0.15) is 49.0 Å². The Balaban J connectivity index is 0.00000280. The molecule has 7 heteroatoms. The molecule has 6 nitrogen and oxygen atoms in total. The molecule has 2 aromatic carbocycles. The average molecular weight is 404 g/mol. The quantitative estimate of drug-likeness (QED) is 0.713. The molecular weight excluding hydrogens is 378 g/mol. The number of aryl methyl sites for hydroxylation is 1. The summed E-state index contributed by atoms with van der Waals surface area (Å²) >= 11 is 0. The van der Waals surface area contributed by atoms with Crippen molar-refractivity contribution in [1.82, 2.24) is 5.32 Å². The molecule has 0 saturated heterocycles. The third kappa shape index (κ3) is 4.64. The summed E-state index contributed by atoms with van der Waals surface area (Å²) in [7, 11) is 0. The number of fused-ring (bicyclic) bond motifs is 1. The van der Waals surface area contributed by atoms with Crippen LogP contribution in [-0.4, -0.2) is 17.9 Å². The van der Waals surface area contributed by atoms with E-state index in [0.29, 0.717) is 17.9 Å². The zero-order valence-electron chi connectivity index (χ0n) is 16.2. The maximum Gasteiger partial charge on any atom is 0.265 e. The minimum Gasteiger partial charge on any atom is -0.478 e. The Labute approximate surface area is 171 Å². The number of amides is 2. The first-order valence-electron chi connectivity index (χ1n) is 9.13. The second-order valence-electron chi connectivity index (χ2n) is 6.88. The van der Waals surface area contributed by atoms with Crippen molar-refractivity contribution >= 4 is 29.9 Å². The molecule has 0 radical (unpaired) electrons. The number of benzene rings is 2. The van der Waals surface area contributed by atoms with E-state index in [2.05, 4.69) is 10.6 Å². The summed E-state index contributed by atoms with van der Waals surface area (Å²) in [5.74, 6) is 0.232. The lowest BCUT2D eigenvalue weighted by Gasteiger charge is -2.26. The van der Waals surface area contributed by atoms with Gasteiger partial charge in [-0.15, -0.1) is 12.4 Å². The Morgan fingerprint density at radius 2 is 1.86 bits per heavy atom. The van der Waals surface area contributed by atoms with E-state index in [1.807, 2.05) is 57.2 Å². The minimum absolute atomic E-state index is 0. The fourth-order valence-corrected chi connectivity index (χ4v) is 3.01. The first kappa shape index (κ1) is 21.7. The van der Waals surface area contributed by atoms with Crippen molar-refractivity contribution in [3.63, 3.8) is 0 Å². The highest BCUT2D eigenvalue weighted by atomic mass is 35.5. The van der Waals surface area contributed by atoms with Gasteiger partial charge in [0.2, 0.25) is 5.91 Å². The smallest absolute Gasteiger partial charge is 0.265 e. The van der Waals surface area contributed by atoms with E-state index in [9.17, 15) is 9.59 Å². The minimum atomic E-state index is -0.731. The van der Waals surface area contributed by atoms with Crippen molar-refractivity contribution < 1.29 is 14.3 Å². The molecule has 4 N–H and O–H groups in total. The van der Waals surface area contributed by atoms with Gasteiger partial charge in [0.1, 0.15) is 11.8 Å². The average Bonchev–Trinajstić information content (AvgIpc) is 2.67. The third-order valence-corrected chi connectivity index (χ3v) is 4.77. The number of halogens is 1. The Morgan fingerprint density at radius 3 is 2.50 bits per heavy atom. The van der Waals surface area contributed by atoms with E-state index >= 15 is 0 Å². The molecule has 1 aliphatic heterocycles. The summed E-state index contributed by atoms with van der Waals surface area (Å²) in [4.78, 5) is 24.4. The summed E-state index contributed by atoms with van der Waals surface area (Å²) in [6, 6.07) is 12.1. The largest absolute Gasteiger partial charge is 0.478 e. The maximum atomic E-state index is 12.5. The second kappa shape index (κ2) is 9.08. The molecule has 0 spiro atoms. The molecule has 1 heterocycles. The molecule has 3 atom stereocenters. The predicted molar refractivity (Wildman–Crippen MR) is 112 cm³/mol. The van der Waals surface area contributed by atoms with Gasteiger partial charge in [0.15, 0.2) is 6.10 Å². The van der Waals surface area contributed by atoms with Crippen LogP contribution in [0.25, 0.3) is 0 Å². The van der Waals surface area contributed by atoms with Crippen molar-refractivity contribution in [1.29, 1.82) is 0 Å². The van der Waals surface area contributed by atoms with Crippen molar-refractivity contribution in [2.24, 2.45) is 5.73 Å². The summed E-state index contributed by atoms with van der Waals surface area (Å²) in [5.41, 5.74) is 9.50. The molecule has 0 aromatic heterocycles. The summed E-state index contributed by atoms with van der Waals surface area (Å²) in [5, 5.41) is 5.78. The van der Waals surface area contributed by atoms with Crippen LogP contribution in [0.15, 0.2) is 42.5 Å². The van der Waals surface area contributed by atoms with Crippen LogP contribution in [0.5, 0.6) is 5.75 Å². The highest BCUT2D eigenvalue weighted by Gasteiger charge is 2.27. The van der Waals surface area contributed by atoms with Crippen LogP contribution in [0, 0.1) is 6.92 Å². The number of rotatable bonds is 5. The van der Waals surface area contributed by atoms with Gasteiger partial charge in [-0.3, -0.25) is 9.59 Å². The number of hydrogen-bond donors (Lipinski definition) is 3. The van der Waals surface area contributed by atoms with Crippen LogP contribution in [0.3, 0.4) is 0 Å². The molecular formula is C21H26ClN3O3. The van der Waals surface area contributed by atoms with Crippen LogP contribution >= 0.6 is 12.4 Å². The van der Waals surface area contributed by atoms with Gasteiger partial charge in [-0.1, -0.05) is 42.8 Å². The molecule has 2 aromatic rings. The number of hydrogen-bond acceptors (Lipinski definition) is 4. The number of carbonyl (C=O) groups excluding carboxylic acids is 2. The van der Waals surface area contributed by atoms with Gasteiger partial charge in [-0.05, 0) is 43.5 Å². The van der Waals surface area contributed by atoms with Gasteiger partial charge in [-0.2, -0.15) is 0 Å². The molecule has 0 saturated carbocycles. The van der Waals surface area contributed by atoms with Crippen LogP contribution in [0.4, 0.5) is 5.69 Å². The van der Waals surface area contributed by atoms with Crippen molar-refractivity contribution in [3.8, 4) is 5.75 Å². The topological polar surface area (TPSA) is 93.4 Å². The van der Waals surface area contributed by atoms with E-state index in [4.69, 9.17) is 10.5 Å². The van der Waals surface area contributed by atoms with Gasteiger partial charge in [-0.25, -0.2) is 0 Å².